The molecule has 0 fully saturated rings. The molecule has 3 nitrogen and oxygen atoms in total. The maximum atomic E-state index is 12.7. The summed E-state index contributed by atoms with van der Waals surface area (Å²) in [6, 6.07) is 3.02. The Morgan fingerprint density at radius 1 is 1.08 bits per heavy atom. The van der Waals surface area contributed by atoms with Crippen molar-refractivity contribution >= 4 is 0 Å². The number of aromatic nitrogens is 2. The van der Waals surface area contributed by atoms with Crippen LogP contribution in [0.4, 0.5) is 8.78 Å². The average molecular weight is 182 g/mol. The van der Waals surface area contributed by atoms with Gasteiger partial charge in [-0.2, -0.15) is 0 Å². The van der Waals surface area contributed by atoms with Crippen molar-refractivity contribution in [3.8, 4) is 11.5 Å². The van der Waals surface area contributed by atoms with Gasteiger partial charge in [0.15, 0.2) is 0 Å². The first kappa shape index (κ1) is 7.85. The van der Waals surface area contributed by atoms with Gasteiger partial charge in [-0.05, 0) is 12.1 Å². The number of hydrogen-bond donors (Lipinski definition) is 0. The Morgan fingerprint density at radius 2 is 1.77 bits per heavy atom. The molecule has 0 saturated carbocycles. The summed E-state index contributed by atoms with van der Waals surface area (Å²) in [7, 11) is 0. The molecule has 0 unspecified atom stereocenters. The highest BCUT2D eigenvalue weighted by Gasteiger charge is 2.06. The monoisotopic (exact) mass is 182 g/mol. The zero-order valence-electron chi connectivity index (χ0n) is 6.37. The molecule has 0 aliphatic carbocycles. The van der Waals surface area contributed by atoms with E-state index in [2.05, 4.69) is 10.2 Å². The predicted octanol–water partition coefficient (Wildman–Crippen LogP) is 2.01. The zero-order chi connectivity index (χ0) is 9.26. The number of benzene rings is 1. The summed E-state index contributed by atoms with van der Waals surface area (Å²) in [5.41, 5.74) is 0.231. The molecule has 1 aromatic heterocycles. The fourth-order valence-electron chi connectivity index (χ4n) is 0.976. The molecule has 2 aromatic rings. The number of halogens is 2. The van der Waals surface area contributed by atoms with Gasteiger partial charge in [-0.25, -0.2) is 8.78 Å². The SMILES string of the molecule is Fc1cc(F)cc(-c2nnco2)c1. The molecule has 5 heteroatoms. The highest BCUT2D eigenvalue weighted by atomic mass is 19.1. The minimum atomic E-state index is -0.673. The minimum absolute atomic E-state index is 0.0957. The second-order valence-corrected chi connectivity index (χ2v) is 2.40. The molecule has 0 atom stereocenters. The average Bonchev–Trinajstić information content (AvgIpc) is 2.53. The summed E-state index contributed by atoms with van der Waals surface area (Å²) in [6.07, 6.45) is 1.10. The van der Waals surface area contributed by atoms with Crippen molar-refractivity contribution < 1.29 is 13.2 Å². The van der Waals surface area contributed by atoms with Gasteiger partial charge in [0, 0.05) is 11.6 Å². The molecule has 2 rings (SSSR count). The van der Waals surface area contributed by atoms with Crippen molar-refractivity contribution in [1.29, 1.82) is 0 Å². The van der Waals surface area contributed by atoms with E-state index in [1.165, 1.54) is 0 Å². The molecule has 1 heterocycles. The Balaban J connectivity index is 2.53. The van der Waals surface area contributed by atoms with Gasteiger partial charge >= 0.3 is 0 Å². The third kappa shape index (κ3) is 1.53. The van der Waals surface area contributed by atoms with Gasteiger partial charge in [-0.15, -0.1) is 10.2 Å². The number of rotatable bonds is 1. The van der Waals surface area contributed by atoms with Crippen LogP contribution in [0.5, 0.6) is 0 Å². The molecule has 0 saturated heterocycles. The molecule has 66 valence electrons. The van der Waals surface area contributed by atoms with Crippen molar-refractivity contribution in [2.75, 3.05) is 0 Å². The van der Waals surface area contributed by atoms with Crippen LogP contribution < -0.4 is 0 Å². The first-order chi connectivity index (χ1) is 6.25. The first-order valence-corrected chi connectivity index (χ1v) is 3.48. The van der Waals surface area contributed by atoms with Gasteiger partial charge in [-0.3, -0.25) is 0 Å². The Kier molecular flexibility index (Phi) is 1.77. The van der Waals surface area contributed by atoms with Crippen molar-refractivity contribution in [3.05, 3.63) is 36.2 Å². The van der Waals surface area contributed by atoms with Crippen LogP contribution in [-0.2, 0) is 0 Å². The lowest BCUT2D eigenvalue weighted by Gasteiger charge is -1.94. The van der Waals surface area contributed by atoms with Crippen LogP contribution in [0, 0.1) is 11.6 Å². The lowest BCUT2D eigenvalue weighted by Crippen LogP contribution is -1.84. The molecule has 0 radical (unpaired) electrons. The lowest BCUT2D eigenvalue weighted by atomic mass is 10.2. The van der Waals surface area contributed by atoms with E-state index in [-0.39, 0.29) is 11.5 Å². The summed E-state index contributed by atoms with van der Waals surface area (Å²) in [4.78, 5) is 0. The molecule has 0 N–H and O–H groups in total. The van der Waals surface area contributed by atoms with Crippen LogP contribution in [-0.4, -0.2) is 10.2 Å². The van der Waals surface area contributed by atoms with Crippen molar-refractivity contribution in [2.45, 2.75) is 0 Å². The van der Waals surface area contributed by atoms with Crippen LogP contribution >= 0.6 is 0 Å². The number of nitrogens with zero attached hydrogens (tertiary/aromatic N) is 2. The molecule has 0 aliphatic heterocycles. The summed E-state index contributed by atoms with van der Waals surface area (Å²) in [5, 5.41) is 6.92. The van der Waals surface area contributed by atoms with E-state index in [0.29, 0.717) is 0 Å². The zero-order valence-corrected chi connectivity index (χ0v) is 6.37. The molecule has 0 amide bonds. The van der Waals surface area contributed by atoms with Crippen molar-refractivity contribution in [1.82, 2.24) is 10.2 Å². The topological polar surface area (TPSA) is 38.9 Å². The van der Waals surface area contributed by atoms with Crippen LogP contribution in [0.3, 0.4) is 0 Å². The van der Waals surface area contributed by atoms with Crippen LogP contribution in [0.25, 0.3) is 11.5 Å². The van der Waals surface area contributed by atoms with Gasteiger partial charge in [0.25, 0.3) is 0 Å². The van der Waals surface area contributed by atoms with Gasteiger partial charge in [-0.1, -0.05) is 0 Å². The third-order valence-electron chi connectivity index (χ3n) is 1.47. The van der Waals surface area contributed by atoms with Crippen molar-refractivity contribution in [3.63, 3.8) is 0 Å². The van der Waals surface area contributed by atoms with Crippen LogP contribution in [0.1, 0.15) is 0 Å². The molecule has 1 aromatic carbocycles. The smallest absolute Gasteiger partial charge is 0.247 e. The first-order valence-electron chi connectivity index (χ1n) is 3.48. The van der Waals surface area contributed by atoms with Gasteiger partial charge in [0.1, 0.15) is 11.6 Å². The molecular weight excluding hydrogens is 178 g/mol. The standard InChI is InChI=1S/C8H4F2N2O/c9-6-1-5(2-7(10)3-6)8-12-11-4-13-8/h1-4H. The van der Waals surface area contributed by atoms with Crippen LogP contribution in [0.2, 0.25) is 0 Å². The quantitative estimate of drug-likeness (QED) is 0.677. The largest absolute Gasteiger partial charge is 0.423 e. The van der Waals surface area contributed by atoms with E-state index in [1.807, 2.05) is 0 Å². The Bertz CT molecular complexity index is 394. The molecule has 0 bridgehead atoms. The molecule has 13 heavy (non-hydrogen) atoms. The lowest BCUT2D eigenvalue weighted by molar-refractivity contribution is 0.560. The molecular formula is C8H4F2N2O. The maximum absolute atomic E-state index is 12.7. The fourth-order valence-corrected chi connectivity index (χ4v) is 0.976. The number of hydrogen-bond acceptors (Lipinski definition) is 3. The normalized spacial score (nSPS) is 10.3. The van der Waals surface area contributed by atoms with E-state index >= 15 is 0 Å². The third-order valence-corrected chi connectivity index (χ3v) is 1.47. The van der Waals surface area contributed by atoms with Crippen molar-refractivity contribution in [2.24, 2.45) is 0 Å². The van der Waals surface area contributed by atoms with E-state index in [9.17, 15) is 8.78 Å². The predicted molar refractivity (Wildman–Crippen MR) is 39.7 cm³/mol. The molecule has 0 aliphatic rings. The summed E-state index contributed by atoms with van der Waals surface area (Å²) in [6.45, 7) is 0. The maximum Gasteiger partial charge on any atom is 0.247 e. The van der Waals surface area contributed by atoms with E-state index in [4.69, 9.17) is 4.42 Å². The summed E-state index contributed by atoms with van der Waals surface area (Å²) in [5.74, 6) is -1.25. The fraction of sp³-hybridized carbons (Fsp3) is 0. The van der Waals surface area contributed by atoms with Crippen LogP contribution in [0.15, 0.2) is 29.0 Å². The molecule has 0 spiro atoms. The van der Waals surface area contributed by atoms with Gasteiger partial charge in [0.05, 0.1) is 0 Å². The van der Waals surface area contributed by atoms with Gasteiger partial charge in [0.2, 0.25) is 12.3 Å². The summed E-state index contributed by atoms with van der Waals surface area (Å²) >= 11 is 0. The highest BCUT2D eigenvalue weighted by Crippen LogP contribution is 2.18. The van der Waals surface area contributed by atoms with E-state index in [0.717, 1.165) is 24.6 Å². The van der Waals surface area contributed by atoms with E-state index < -0.39 is 11.6 Å². The minimum Gasteiger partial charge on any atom is -0.423 e. The second-order valence-electron chi connectivity index (χ2n) is 2.40. The Hall–Kier alpha value is -1.78. The Morgan fingerprint density at radius 3 is 2.31 bits per heavy atom. The summed E-state index contributed by atoms with van der Waals surface area (Å²) < 4.78 is 30.2. The Labute approximate surface area is 72.0 Å². The van der Waals surface area contributed by atoms with Gasteiger partial charge < -0.3 is 4.42 Å². The second kappa shape index (κ2) is 2.93. The van der Waals surface area contributed by atoms with E-state index in [1.54, 1.807) is 0 Å². The highest BCUT2D eigenvalue weighted by molar-refractivity contribution is 5.52.